The number of carboxylic acid groups (broad SMARTS) is 1. The van der Waals surface area contributed by atoms with Crippen LogP contribution >= 0.6 is 12.4 Å². The molecule has 0 radical (unpaired) electrons. The number of hydrogen-bond donors (Lipinski definition) is 2. The minimum absolute atomic E-state index is 0. The lowest BCUT2D eigenvalue weighted by atomic mass is 9.94. The van der Waals surface area contributed by atoms with E-state index in [4.69, 9.17) is 5.11 Å². The molecule has 1 aliphatic heterocycles. The predicted octanol–water partition coefficient (Wildman–Crippen LogP) is 1.42. The lowest BCUT2D eigenvalue weighted by molar-refractivity contribution is -0.141. The Kier molecular flexibility index (Phi) is 3.19. The minimum atomic E-state index is -0.611. The normalized spacial score (nSPS) is 37.7. The second kappa shape index (κ2) is 3.84. The zero-order valence-electron chi connectivity index (χ0n) is 7.58. The summed E-state index contributed by atoms with van der Waals surface area (Å²) in [6.45, 7) is 1.08. The van der Waals surface area contributed by atoms with Gasteiger partial charge in [0.1, 0.15) is 0 Å². The molecule has 76 valence electrons. The maximum absolute atomic E-state index is 10.7. The lowest BCUT2D eigenvalue weighted by Gasteiger charge is -2.22. The van der Waals surface area contributed by atoms with Crippen LogP contribution in [0.15, 0.2) is 0 Å². The average Bonchev–Trinajstić information content (AvgIpc) is 2.62. The van der Waals surface area contributed by atoms with Gasteiger partial charge in [0.05, 0.1) is 5.92 Å². The molecule has 4 heteroatoms. The fourth-order valence-electron chi connectivity index (χ4n) is 2.59. The molecule has 0 aromatic rings. The Morgan fingerprint density at radius 2 is 2.23 bits per heavy atom. The number of aliphatic carboxylic acids is 1. The van der Waals surface area contributed by atoms with Crippen molar-refractivity contribution in [1.82, 2.24) is 5.32 Å². The summed E-state index contributed by atoms with van der Waals surface area (Å²) in [6, 6.07) is 0. The number of hydrogen-bond acceptors (Lipinski definition) is 2. The van der Waals surface area contributed by atoms with Crippen LogP contribution < -0.4 is 5.32 Å². The second-order valence-electron chi connectivity index (χ2n) is 4.09. The van der Waals surface area contributed by atoms with Crippen LogP contribution in [0, 0.1) is 5.92 Å². The van der Waals surface area contributed by atoms with Crippen LogP contribution in [0.1, 0.15) is 32.1 Å². The Morgan fingerprint density at radius 1 is 1.46 bits per heavy atom. The largest absolute Gasteiger partial charge is 0.481 e. The summed E-state index contributed by atoms with van der Waals surface area (Å²) < 4.78 is 0. The highest BCUT2D eigenvalue weighted by molar-refractivity contribution is 5.85. The van der Waals surface area contributed by atoms with Crippen LogP contribution in [0.3, 0.4) is 0 Å². The molecule has 2 fully saturated rings. The molecular formula is C9H16ClNO2. The molecule has 0 bridgehead atoms. The van der Waals surface area contributed by atoms with Crippen molar-refractivity contribution >= 4 is 18.4 Å². The van der Waals surface area contributed by atoms with E-state index in [9.17, 15) is 4.79 Å². The summed E-state index contributed by atoms with van der Waals surface area (Å²) in [4.78, 5) is 10.7. The van der Waals surface area contributed by atoms with Crippen molar-refractivity contribution in [1.29, 1.82) is 0 Å². The number of nitrogens with one attached hydrogen (secondary N) is 1. The molecule has 13 heavy (non-hydrogen) atoms. The molecular weight excluding hydrogens is 190 g/mol. The Hall–Kier alpha value is -0.280. The van der Waals surface area contributed by atoms with Gasteiger partial charge in [-0.25, -0.2) is 0 Å². The molecule has 2 aliphatic rings. The Bertz CT molecular complexity index is 202. The summed E-state index contributed by atoms with van der Waals surface area (Å²) in [5, 5.41) is 12.3. The fraction of sp³-hybridized carbons (Fsp3) is 0.889. The first-order valence-electron chi connectivity index (χ1n) is 4.70. The third-order valence-corrected chi connectivity index (χ3v) is 3.29. The number of rotatable bonds is 1. The minimum Gasteiger partial charge on any atom is -0.481 e. The summed E-state index contributed by atoms with van der Waals surface area (Å²) in [5.74, 6) is -0.698. The highest BCUT2D eigenvalue weighted by atomic mass is 35.5. The zero-order valence-corrected chi connectivity index (χ0v) is 8.40. The third kappa shape index (κ3) is 1.97. The quantitative estimate of drug-likeness (QED) is 0.681. The monoisotopic (exact) mass is 205 g/mol. The van der Waals surface area contributed by atoms with E-state index in [-0.39, 0.29) is 23.9 Å². The summed E-state index contributed by atoms with van der Waals surface area (Å²) in [7, 11) is 0. The zero-order chi connectivity index (χ0) is 8.60. The maximum atomic E-state index is 10.7. The van der Waals surface area contributed by atoms with E-state index in [1.165, 1.54) is 12.8 Å². The van der Waals surface area contributed by atoms with Crippen molar-refractivity contribution in [2.75, 3.05) is 6.54 Å². The first-order chi connectivity index (χ1) is 5.72. The van der Waals surface area contributed by atoms with E-state index in [0.29, 0.717) is 0 Å². The van der Waals surface area contributed by atoms with Crippen molar-refractivity contribution in [3.63, 3.8) is 0 Å². The molecule has 1 saturated carbocycles. The SMILES string of the molecule is Cl.O=C(O)C1CCC2(CCCN2)C1. The topological polar surface area (TPSA) is 49.3 Å². The highest BCUT2D eigenvalue weighted by Crippen LogP contribution is 2.40. The van der Waals surface area contributed by atoms with Crippen molar-refractivity contribution in [2.24, 2.45) is 5.92 Å². The Morgan fingerprint density at radius 3 is 2.69 bits per heavy atom. The lowest BCUT2D eigenvalue weighted by Crippen LogP contribution is -2.37. The van der Waals surface area contributed by atoms with Crippen LogP contribution in [0.5, 0.6) is 0 Å². The van der Waals surface area contributed by atoms with Gasteiger partial charge in [0.2, 0.25) is 0 Å². The number of carboxylic acids is 1. The molecule has 1 saturated heterocycles. The molecule has 1 spiro atoms. The first kappa shape index (κ1) is 10.8. The molecule has 2 atom stereocenters. The van der Waals surface area contributed by atoms with E-state index in [1.54, 1.807) is 0 Å². The molecule has 0 aromatic carbocycles. The van der Waals surface area contributed by atoms with Gasteiger partial charge in [-0.1, -0.05) is 0 Å². The van der Waals surface area contributed by atoms with Crippen LogP contribution in [0.2, 0.25) is 0 Å². The standard InChI is InChI=1S/C9H15NO2.ClH/c11-8(12)7-2-4-9(6-7)3-1-5-10-9;/h7,10H,1-6H2,(H,11,12);1H. The number of carbonyl (C=O) groups is 1. The van der Waals surface area contributed by atoms with E-state index in [1.807, 2.05) is 0 Å². The summed E-state index contributed by atoms with van der Waals surface area (Å²) >= 11 is 0. The fourth-order valence-corrected chi connectivity index (χ4v) is 2.59. The van der Waals surface area contributed by atoms with Gasteiger partial charge in [0, 0.05) is 5.54 Å². The van der Waals surface area contributed by atoms with Gasteiger partial charge in [0.25, 0.3) is 0 Å². The number of halogens is 1. The summed E-state index contributed by atoms with van der Waals surface area (Å²) in [5.41, 5.74) is 0.211. The molecule has 1 aliphatic carbocycles. The molecule has 3 nitrogen and oxygen atoms in total. The van der Waals surface area contributed by atoms with Crippen LogP contribution in [0.4, 0.5) is 0 Å². The maximum Gasteiger partial charge on any atom is 0.306 e. The van der Waals surface area contributed by atoms with Gasteiger partial charge in [0.15, 0.2) is 0 Å². The van der Waals surface area contributed by atoms with Crippen molar-refractivity contribution < 1.29 is 9.90 Å². The molecule has 0 aromatic heterocycles. The van der Waals surface area contributed by atoms with E-state index in [2.05, 4.69) is 5.32 Å². The summed E-state index contributed by atoms with van der Waals surface area (Å²) in [6.07, 6.45) is 5.16. The molecule has 2 N–H and O–H groups in total. The average molecular weight is 206 g/mol. The highest BCUT2D eigenvalue weighted by Gasteiger charge is 2.43. The van der Waals surface area contributed by atoms with Gasteiger partial charge < -0.3 is 10.4 Å². The van der Waals surface area contributed by atoms with Crippen LogP contribution in [-0.4, -0.2) is 23.2 Å². The van der Waals surface area contributed by atoms with E-state index < -0.39 is 5.97 Å². The molecule has 1 heterocycles. The molecule has 2 unspecified atom stereocenters. The second-order valence-corrected chi connectivity index (χ2v) is 4.09. The smallest absolute Gasteiger partial charge is 0.306 e. The van der Waals surface area contributed by atoms with Gasteiger partial charge >= 0.3 is 5.97 Å². The first-order valence-corrected chi connectivity index (χ1v) is 4.70. The van der Waals surface area contributed by atoms with Crippen molar-refractivity contribution in [3.05, 3.63) is 0 Å². The Balaban J connectivity index is 0.000000845. The van der Waals surface area contributed by atoms with Crippen molar-refractivity contribution in [3.8, 4) is 0 Å². The predicted molar refractivity (Wildman–Crippen MR) is 52.2 cm³/mol. The third-order valence-electron chi connectivity index (χ3n) is 3.29. The van der Waals surface area contributed by atoms with Gasteiger partial charge in [-0.3, -0.25) is 4.79 Å². The van der Waals surface area contributed by atoms with E-state index in [0.717, 1.165) is 25.8 Å². The van der Waals surface area contributed by atoms with Crippen LogP contribution in [-0.2, 0) is 4.79 Å². The van der Waals surface area contributed by atoms with E-state index >= 15 is 0 Å². The molecule has 0 amide bonds. The van der Waals surface area contributed by atoms with Gasteiger partial charge in [-0.2, -0.15) is 0 Å². The van der Waals surface area contributed by atoms with Gasteiger partial charge in [-0.05, 0) is 38.6 Å². The molecule has 2 rings (SSSR count). The van der Waals surface area contributed by atoms with Crippen LogP contribution in [0.25, 0.3) is 0 Å². The Labute approximate surface area is 84.3 Å². The van der Waals surface area contributed by atoms with Crippen molar-refractivity contribution in [2.45, 2.75) is 37.6 Å². The van der Waals surface area contributed by atoms with Gasteiger partial charge in [-0.15, -0.1) is 12.4 Å².